The predicted molar refractivity (Wildman–Crippen MR) is 88.6 cm³/mol. The first-order valence-corrected chi connectivity index (χ1v) is 8.42. The highest BCUT2D eigenvalue weighted by Gasteiger charge is 2.31. The van der Waals surface area contributed by atoms with Gasteiger partial charge in [-0.05, 0) is 18.4 Å². The number of likely N-dealkylation sites (tertiary alicyclic amines) is 2. The monoisotopic (exact) mass is 315 g/mol. The second-order valence-electron chi connectivity index (χ2n) is 6.72. The first kappa shape index (κ1) is 16.0. The van der Waals surface area contributed by atoms with Crippen molar-refractivity contribution in [3.8, 4) is 0 Å². The van der Waals surface area contributed by atoms with Crippen molar-refractivity contribution in [3.05, 3.63) is 35.9 Å². The summed E-state index contributed by atoms with van der Waals surface area (Å²) in [5, 5.41) is 3.15. The molecule has 1 aromatic carbocycles. The largest absolute Gasteiger partial charge is 0.352 e. The van der Waals surface area contributed by atoms with Gasteiger partial charge in [-0.2, -0.15) is 0 Å². The predicted octanol–water partition coefficient (Wildman–Crippen LogP) is 1.25. The van der Waals surface area contributed by atoms with E-state index in [1.165, 1.54) is 5.56 Å². The van der Waals surface area contributed by atoms with Crippen LogP contribution in [0.25, 0.3) is 0 Å². The molecule has 5 nitrogen and oxygen atoms in total. The fraction of sp³-hybridized carbons (Fsp3) is 0.556. The summed E-state index contributed by atoms with van der Waals surface area (Å²) in [6.07, 6.45) is 2.11. The van der Waals surface area contributed by atoms with Crippen molar-refractivity contribution in [2.75, 3.05) is 26.7 Å². The van der Waals surface area contributed by atoms with Crippen molar-refractivity contribution in [2.45, 2.75) is 31.8 Å². The second kappa shape index (κ2) is 7.13. The smallest absolute Gasteiger partial charge is 0.223 e. The molecule has 2 saturated heterocycles. The zero-order chi connectivity index (χ0) is 16.2. The van der Waals surface area contributed by atoms with E-state index in [9.17, 15) is 9.59 Å². The third-order valence-corrected chi connectivity index (χ3v) is 4.90. The van der Waals surface area contributed by atoms with Crippen LogP contribution in [0.15, 0.2) is 30.3 Å². The minimum Gasteiger partial charge on any atom is -0.352 e. The molecule has 2 heterocycles. The molecule has 5 heteroatoms. The van der Waals surface area contributed by atoms with Gasteiger partial charge in [0.1, 0.15) is 0 Å². The Morgan fingerprint density at radius 3 is 2.74 bits per heavy atom. The molecule has 2 amide bonds. The van der Waals surface area contributed by atoms with Crippen LogP contribution in [0.4, 0.5) is 0 Å². The van der Waals surface area contributed by atoms with Crippen LogP contribution >= 0.6 is 0 Å². The third-order valence-electron chi connectivity index (χ3n) is 4.90. The molecule has 1 N–H and O–H groups in total. The lowest BCUT2D eigenvalue weighted by atomic mass is 9.95. The summed E-state index contributed by atoms with van der Waals surface area (Å²) in [5.41, 5.74) is 1.31. The Morgan fingerprint density at radius 2 is 2.00 bits per heavy atom. The summed E-state index contributed by atoms with van der Waals surface area (Å²) in [6.45, 7) is 3.51. The van der Waals surface area contributed by atoms with Crippen LogP contribution < -0.4 is 5.32 Å². The van der Waals surface area contributed by atoms with E-state index in [4.69, 9.17) is 0 Å². The van der Waals surface area contributed by atoms with Crippen molar-refractivity contribution in [1.82, 2.24) is 15.1 Å². The van der Waals surface area contributed by atoms with E-state index in [-0.39, 0.29) is 23.8 Å². The summed E-state index contributed by atoms with van der Waals surface area (Å²) in [5.74, 6) is -0.0200. The molecule has 2 aliphatic rings. The molecule has 0 saturated carbocycles. The van der Waals surface area contributed by atoms with Gasteiger partial charge in [0.05, 0.1) is 0 Å². The Balaban J connectivity index is 1.46. The van der Waals surface area contributed by atoms with Gasteiger partial charge >= 0.3 is 0 Å². The highest BCUT2D eigenvalue weighted by atomic mass is 16.2. The molecule has 3 rings (SSSR count). The standard InChI is InChI=1S/C18H25N3O2/c1-20-9-7-15(11-17(20)22)18(23)19-16-8-10-21(13-16)12-14-5-3-2-4-6-14/h2-6,15-16H,7-13H2,1H3,(H,19,23)/t15-,16-/m0/s1. The minimum atomic E-state index is -0.151. The van der Waals surface area contributed by atoms with Crippen LogP contribution in [-0.2, 0) is 16.1 Å². The molecule has 1 aromatic rings. The number of amides is 2. The number of carbonyl (C=O) groups is 2. The van der Waals surface area contributed by atoms with Gasteiger partial charge < -0.3 is 10.2 Å². The highest BCUT2D eigenvalue weighted by molar-refractivity contribution is 5.87. The van der Waals surface area contributed by atoms with Crippen molar-refractivity contribution in [2.24, 2.45) is 5.92 Å². The fourth-order valence-electron chi connectivity index (χ4n) is 3.42. The number of nitrogens with zero attached hydrogens (tertiary/aromatic N) is 2. The molecule has 0 radical (unpaired) electrons. The van der Waals surface area contributed by atoms with Gasteiger partial charge in [-0.3, -0.25) is 14.5 Å². The zero-order valence-electron chi connectivity index (χ0n) is 13.7. The maximum atomic E-state index is 12.4. The zero-order valence-corrected chi connectivity index (χ0v) is 13.7. The molecule has 0 aromatic heterocycles. The van der Waals surface area contributed by atoms with Crippen LogP contribution in [-0.4, -0.2) is 54.3 Å². The molecule has 0 unspecified atom stereocenters. The first-order valence-electron chi connectivity index (χ1n) is 8.42. The summed E-state index contributed by atoms with van der Waals surface area (Å²) in [7, 11) is 1.80. The summed E-state index contributed by atoms with van der Waals surface area (Å²) < 4.78 is 0. The summed E-state index contributed by atoms with van der Waals surface area (Å²) >= 11 is 0. The van der Waals surface area contributed by atoms with Crippen LogP contribution in [0.3, 0.4) is 0 Å². The van der Waals surface area contributed by atoms with Crippen molar-refractivity contribution in [3.63, 3.8) is 0 Å². The number of hydrogen-bond acceptors (Lipinski definition) is 3. The molecule has 23 heavy (non-hydrogen) atoms. The molecule has 0 aliphatic carbocycles. The van der Waals surface area contributed by atoms with Gasteiger partial charge in [0.2, 0.25) is 11.8 Å². The molecular formula is C18H25N3O2. The van der Waals surface area contributed by atoms with Crippen molar-refractivity contribution >= 4 is 11.8 Å². The molecular weight excluding hydrogens is 290 g/mol. The number of rotatable bonds is 4. The lowest BCUT2D eigenvalue weighted by Crippen LogP contribution is -2.45. The molecule has 2 aliphatic heterocycles. The Labute approximate surface area is 137 Å². The first-order chi connectivity index (χ1) is 11.1. The number of nitrogens with one attached hydrogen (secondary N) is 1. The fourth-order valence-corrected chi connectivity index (χ4v) is 3.42. The average molecular weight is 315 g/mol. The molecule has 0 bridgehead atoms. The molecule has 124 valence electrons. The molecule has 2 atom stereocenters. The van der Waals surface area contributed by atoms with Gasteiger partial charge in [-0.15, -0.1) is 0 Å². The lowest BCUT2D eigenvalue weighted by Gasteiger charge is -2.28. The van der Waals surface area contributed by atoms with Gasteiger partial charge in [0.15, 0.2) is 0 Å². The molecule has 0 spiro atoms. The number of benzene rings is 1. The van der Waals surface area contributed by atoms with Crippen molar-refractivity contribution in [1.29, 1.82) is 0 Å². The van der Waals surface area contributed by atoms with E-state index in [0.717, 1.165) is 32.5 Å². The van der Waals surface area contributed by atoms with Crippen LogP contribution in [0.1, 0.15) is 24.8 Å². The topological polar surface area (TPSA) is 52.7 Å². The van der Waals surface area contributed by atoms with E-state index >= 15 is 0 Å². The Kier molecular flexibility index (Phi) is 4.96. The van der Waals surface area contributed by atoms with Crippen LogP contribution in [0, 0.1) is 5.92 Å². The van der Waals surface area contributed by atoms with E-state index in [0.29, 0.717) is 13.0 Å². The van der Waals surface area contributed by atoms with Gasteiger partial charge in [-0.1, -0.05) is 30.3 Å². The minimum absolute atomic E-state index is 0.0537. The normalized spacial score (nSPS) is 25.6. The third kappa shape index (κ3) is 4.10. The number of piperidine rings is 1. The van der Waals surface area contributed by atoms with Gasteiger partial charge in [-0.25, -0.2) is 0 Å². The maximum absolute atomic E-state index is 12.4. The van der Waals surface area contributed by atoms with E-state index < -0.39 is 0 Å². The Morgan fingerprint density at radius 1 is 1.22 bits per heavy atom. The number of hydrogen-bond donors (Lipinski definition) is 1. The second-order valence-corrected chi connectivity index (χ2v) is 6.72. The average Bonchev–Trinajstić information content (AvgIpc) is 2.98. The maximum Gasteiger partial charge on any atom is 0.223 e. The summed E-state index contributed by atoms with van der Waals surface area (Å²) in [6, 6.07) is 10.6. The number of carbonyl (C=O) groups excluding carboxylic acids is 2. The highest BCUT2D eigenvalue weighted by Crippen LogP contribution is 2.19. The van der Waals surface area contributed by atoms with Gasteiger partial charge in [0, 0.05) is 51.6 Å². The van der Waals surface area contributed by atoms with E-state index in [1.807, 2.05) is 6.07 Å². The summed E-state index contributed by atoms with van der Waals surface area (Å²) in [4.78, 5) is 28.2. The lowest BCUT2D eigenvalue weighted by molar-refractivity contribution is -0.139. The SMILES string of the molecule is CN1CC[C@H](C(=O)N[C@H]2CCN(Cc3ccccc3)C2)CC1=O. The van der Waals surface area contributed by atoms with Crippen LogP contribution in [0.5, 0.6) is 0 Å². The van der Waals surface area contributed by atoms with E-state index in [1.54, 1.807) is 11.9 Å². The van der Waals surface area contributed by atoms with Crippen molar-refractivity contribution < 1.29 is 9.59 Å². The van der Waals surface area contributed by atoms with E-state index in [2.05, 4.69) is 34.5 Å². The molecule has 2 fully saturated rings. The Bertz CT molecular complexity index is 561. The quantitative estimate of drug-likeness (QED) is 0.910. The van der Waals surface area contributed by atoms with Gasteiger partial charge in [0.25, 0.3) is 0 Å². The Hall–Kier alpha value is -1.88. The van der Waals surface area contributed by atoms with Crippen LogP contribution in [0.2, 0.25) is 0 Å².